The average Bonchev–Trinajstić information content (AvgIpc) is 2.91. The Labute approximate surface area is 235 Å². The highest BCUT2D eigenvalue weighted by molar-refractivity contribution is 7.92. The van der Waals surface area contributed by atoms with Gasteiger partial charge in [0.25, 0.3) is 0 Å². The van der Waals surface area contributed by atoms with Crippen LogP contribution >= 0.6 is 11.6 Å². The quantitative estimate of drug-likeness (QED) is 0.353. The Kier molecular flexibility index (Phi) is 9.27. The summed E-state index contributed by atoms with van der Waals surface area (Å²) in [5, 5.41) is 5.75. The molecule has 3 heterocycles. The number of nitrogens with one attached hydrogen (secondary N) is 2. The second-order valence-electron chi connectivity index (χ2n) is 10.1. The van der Waals surface area contributed by atoms with Crippen LogP contribution in [0, 0.1) is 0 Å². The van der Waals surface area contributed by atoms with Crippen molar-refractivity contribution in [3.63, 3.8) is 0 Å². The molecular formula is C27H36ClN7O3S. The fourth-order valence-electron chi connectivity index (χ4n) is 4.49. The molecule has 0 spiro atoms. The van der Waals surface area contributed by atoms with E-state index in [-0.39, 0.29) is 27.5 Å². The monoisotopic (exact) mass is 573 g/mol. The Bertz CT molecular complexity index is 1390. The van der Waals surface area contributed by atoms with E-state index in [1.54, 1.807) is 33.1 Å². The zero-order valence-corrected chi connectivity index (χ0v) is 24.6. The number of pyridine rings is 1. The van der Waals surface area contributed by atoms with Gasteiger partial charge in [-0.3, -0.25) is 4.90 Å². The number of sulfone groups is 1. The number of piperidine rings is 1. The van der Waals surface area contributed by atoms with Crippen molar-refractivity contribution in [2.45, 2.75) is 49.6 Å². The SMILES string of the molecule is COc1cc(CN2CCC(N(C)C)CC2)ccc1Nc1ncc(Cl)c(Nc2cccnc2S(=O)(=O)C(C)C)n1. The Morgan fingerprint density at radius 2 is 1.87 bits per heavy atom. The summed E-state index contributed by atoms with van der Waals surface area (Å²) in [7, 11) is 2.29. The molecule has 12 heteroatoms. The maximum atomic E-state index is 12.8. The normalized spacial score (nSPS) is 15.1. The lowest BCUT2D eigenvalue weighted by Crippen LogP contribution is -2.41. The summed E-state index contributed by atoms with van der Waals surface area (Å²) in [5.41, 5.74) is 2.15. The summed E-state index contributed by atoms with van der Waals surface area (Å²) in [4.78, 5) is 17.7. The van der Waals surface area contributed by atoms with Crippen LogP contribution in [0.4, 0.5) is 23.1 Å². The fraction of sp³-hybridized carbons (Fsp3) is 0.444. The molecule has 3 aromatic rings. The number of ether oxygens (including phenoxy) is 1. The van der Waals surface area contributed by atoms with Crippen molar-refractivity contribution in [2.75, 3.05) is 44.9 Å². The molecule has 1 aromatic carbocycles. The third kappa shape index (κ3) is 6.96. The van der Waals surface area contributed by atoms with Gasteiger partial charge in [0.05, 0.1) is 29.9 Å². The number of halogens is 1. The van der Waals surface area contributed by atoms with Gasteiger partial charge in [-0.1, -0.05) is 17.7 Å². The van der Waals surface area contributed by atoms with Crippen LogP contribution in [0.15, 0.2) is 47.8 Å². The van der Waals surface area contributed by atoms with Gasteiger partial charge in [-0.2, -0.15) is 4.98 Å². The van der Waals surface area contributed by atoms with Gasteiger partial charge in [-0.25, -0.2) is 18.4 Å². The molecule has 210 valence electrons. The van der Waals surface area contributed by atoms with E-state index in [1.165, 1.54) is 12.4 Å². The minimum Gasteiger partial charge on any atom is -0.495 e. The molecule has 4 rings (SSSR count). The lowest BCUT2D eigenvalue weighted by atomic mass is 10.0. The number of methoxy groups -OCH3 is 1. The Morgan fingerprint density at radius 3 is 2.54 bits per heavy atom. The predicted molar refractivity (Wildman–Crippen MR) is 155 cm³/mol. The Balaban J connectivity index is 1.50. The minimum absolute atomic E-state index is 0.0626. The fourth-order valence-corrected chi connectivity index (χ4v) is 5.71. The number of benzene rings is 1. The molecule has 1 aliphatic rings. The van der Waals surface area contributed by atoms with Crippen molar-refractivity contribution in [1.29, 1.82) is 0 Å². The maximum absolute atomic E-state index is 12.8. The molecular weight excluding hydrogens is 538 g/mol. The van der Waals surface area contributed by atoms with E-state index in [1.807, 2.05) is 12.1 Å². The van der Waals surface area contributed by atoms with Crippen LogP contribution in [0.5, 0.6) is 5.75 Å². The molecule has 39 heavy (non-hydrogen) atoms. The van der Waals surface area contributed by atoms with Gasteiger partial charge in [0.15, 0.2) is 20.7 Å². The largest absolute Gasteiger partial charge is 0.495 e. The van der Waals surface area contributed by atoms with Crippen molar-refractivity contribution in [3.05, 3.63) is 53.3 Å². The molecule has 1 aliphatic heterocycles. The molecule has 2 aromatic heterocycles. The smallest absolute Gasteiger partial charge is 0.229 e. The van der Waals surface area contributed by atoms with Crippen LogP contribution in [-0.4, -0.2) is 78.8 Å². The van der Waals surface area contributed by atoms with Crippen molar-refractivity contribution in [3.8, 4) is 5.75 Å². The Hall–Kier alpha value is -2.99. The van der Waals surface area contributed by atoms with Crippen molar-refractivity contribution in [2.24, 2.45) is 0 Å². The molecule has 0 radical (unpaired) electrons. The van der Waals surface area contributed by atoms with Gasteiger partial charge in [-0.15, -0.1) is 0 Å². The highest BCUT2D eigenvalue weighted by atomic mass is 35.5. The summed E-state index contributed by atoms with van der Waals surface area (Å²) in [6.07, 6.45) is 5.22. The lowest BCUT2D eigenvalue weighted by molar-refractivity contribution is 0.140. The zero-order chi connectivity index (χ0) is 28.2. The number of anilines is 4. The Morgan fingerprint density at radius 1 is 1.13 bits per heavy atom. The van der Waals surface area contributed by atoms with Crippen LogP contribution in [0.25, 0.3) is 0 Å². The first-order chi connectivity index (χ1) is 18.6. The molecule has 1 saturated heterocycles. The molecule has 2 N–H and O–H groups in total. The van der Waals surface area contributed by atoms with Gasteiger partial charge >= 0.3 is 0 Å². The average molecular weight is 574 g/mol. The van der Waals surface area contributed by atoms with Crippen LogP contribution in [-0.2, 0) is 16.4 Å². The first kappa shape index (κ1) is 29.0. The van der Waals surface area contributed by atoms with Gasteiger partial charge in [-0.05, 0) is 83.7 Å². The van der Waals surface area contributed by atoms with Gasteiger partial charge in [0, 0.05) is 18.8 Å². The summed E-state index contributed by atoms with van der Waals surface area (Å²) < 4.78 is 31.3. The minimum atomic E-state index is -3.63. The van der Waals surface area contributed by atoms with E-state index in [4.69, 9.17) is 16.3 Å². The molecule has 0 aliphatic carbocycles. The van der Waals surface area contributed by atoms with Crippen LogP contribution in [0.1, 0.15) is 32.3 Å². The highest BCUT2D eigenvalue weighted by Gasteiger charge is 2.25. The number of hydrogen-bond donors (Lipinski definition) is 2. The van der Waals surface area contributed by atoms with Crippen molar-refractivity contribution < 1.29 is 13.2 Å². The van der Waals surface area contributed by atoms with Gasteiger partial charge in [0.1, 0.15) is 10.8 Å². The number of hydrogen-bond acceptors (Lipinski definition) is 10. The van der Waals surface area contributed by atoms with Crippen molar-refractivity contribution in [1.82, 2.24) is 24.8 Å². The van der Waals surface area contributed by atoms with E-state index >= 15 is 0 Å². The first-order valence-electron chi connectivity index (χ1n) is 12.9. The van der Waals surface area contributed by atoms with Gasteiger partial charge < -0.3 is 20.3 Å². The number of rotatable bonds is 10. The topological polar surface area (TPSA) is 113 Å². The van der Waals surface area contributed by atoms with E-state index < -0.39 is 15.1 Å². The van der Waals surface area contributed by atoms with Gasteiger partial charge in [0.2, 0.25) is 5.95 Å². The second kappa shape index (κ2) is 12.5. The van der Waals surface area contributed by atoms with Crippen LogP contribution in [0.2, 0.25) is 5.02 Å². The second-order valence-corrected chi connectivity index (χ2v) is 12.9. The van der Waals surface area contributed by atoms with Crippen LogP contribution < -0.4 is 15.4 Å². The standard InChI is InChI=1S/C27H36ClN7O3S/c1-18(2)39(36,37)26-23(7-6-12-29-26)31-25-21(28)16-30-27(33-25)32-22-9-8-19(15-24(22)38-5)17-35-13-10-20(11-14-35)34(3)4/h6-9,12,15-16,18,20H,10-11,13-14,17H2,1-5H3,(H2,30,31,32,33). The molecule has 0 unspecified atom stereocenters. The van der Waals surface area contributed by atoms with Crippen molar-refractivity contribution >= 4 is 44.6 Å². The van der Waals surface area contributed by atoms with E-state index in [0.29, 0.717) is 17.5 Å². The molecule has 0 atom stereocenters. The van der Waals surface area contributed by atoms with Crippen LogP contribution in [0.3, 0.4) is 0 Å². The first-order valence-corrected chi connectivity index (χ1v) is 14.8. The molecule has 10 nitrogen and oxygen atoms in total. The summed E-state index contributed by atoms with van der Waals surface area (Å²) >= 11 is 6.36. The summed E-state index contributed by atoms with van der Waals surface area (Å²) in [6, 6.07) is 9.95. The van der Waals surface area contributed by atoms with E-state index in [9.17, 15) is 8.42 Å². The molecule has 0 amide bonds. The number of aromatic nitrogens is 3. The molecule has 1 fully saturated rings. The summed E-state index contributed by atoms with van der Waals surface area (Å²) in [5.74, 6) is 1.19. The third-order valence-corrected chi connectivity index (χ3v) is 9.25. The van der Waals surface area contributed by atoms with E-state index in [0.717, 1.165) is 38.0 Å². The maximum Gasteiger partial charge on any atom is 0.229 e. The highest BCUT2D eigenvalue weighted by Crippen LogP contribution is 2.32. The predicted octanol–water partition coefficient (Wildman–Crippen LogP) is 4.73. The molecule has 0 saturated carbocycles. The zero-order valence-electron chi connectivity index (χ0n) is 23.0. The summed E-state index contributed by atoms with van der Waals surface area (Å²) in [6.45, 7) is 6.21. The lowest BCUT2D eigenvalue weighted by Gasteiger charge is -2.35. The number of nitrogens with zero attached hydrogens (tertiary/aromatic N) is 5. The third-order valence-electron chi connectivity index (χ3n) is 6.86. The number of likely N-dealkylation sites (tertiary alicyclic amines) is 1. The molecule has 0 bridgehead atoms. The van der Waals surface area contributed by atoms with E-state index in [2.05, 4.69) is 55.5 Å².